The van der Waals surface area contributed by atoms with Crippen molar-refractivity contribution in [1.82, 2.24) is 15.0 Å². The number of hydrogen-bond acceptors (Lipinski definition) is 4. The van der Waals surface area contributed by atoms with Gasteiger partial charge in [0.15, 0.2) is 17.5 Å². The van der Waals surface area contributed by atoms with Gasteiger partial charge in [0.2, 0.25) is 0 Å². The average molecular weight is 649 g/mol. The molecule has 2 aliphatic rings. The Morgan fingerprint density at radius 1 is 0.373 bits per heavy atom. The van der Waals surface area contributed by atoms with Crippen molar-refractivity contribution in [3.63, 3.8) is 0 Å². The molecule has 4 nitrogen and oxygen atoms in total. The molecule has 0 atom stereocenters. The molecule has 0 saturated carbocycles. The lowest BCUT2D eigenvalue weighted by Crippen LogP contribution is -2.25. The summed E-state index contributed by atoms with van der Waals surface area (Å²) in [5.74, 6) is 1.83. The van der Waals surface area contributed by atoms with Gasteiger partial charge in [-0.1, -0.05) is 152 Å². The largest absolute Gasteiger partial charge is 0.208 e. The summed E-state index contributed by atoms with van der Waals surface area (Å²) in [7, 11) is 0. The minimum Gasteiger partial charge on any atom is -0.208 e. The minimum atomic E-state index is -0.459. The lowest BCUT2D eigenvalue weighted by molar-refractivity contribution is 0.794. The molecule has 0 fully saturated rings. The van der Waals surface area contributed by atoms with E-state index in [9.17, 15) is 5.26 Å². The van der Waals surface area contributed by atoms with Crippen LogP contribution in [0.5, 0.6) is 0 Å². The highest BCUT2D eigenvalue weighted by atomic mass is 15.0. The van der Waals surface area contributed by atoms with Gasteiger partial charge < -0.3 is 0 Å². The van der Waals surface area contributed by atoms with Crippen molar-refractivity contribution in [2.75, 3.05) is 0 Å². The van der Waals surface area contributed by atoms with Crippen molar-refractivity contribution in [2.24, 2.45) is 0 Å². The predicted molar refractivity (Wildman–Crippen MR) is 203 cm³/mol. The number of nitriles is 1. The number of nitrogens with zero attached hydrogens (tertiary/aromatic N) is 4. The van der Waals surface area contributed by atoms with E-state index >= 15 is 0 Å². The van der Waals surface area contributed by atoms with Crippen molar-refractivity contribution >= 4 is 0 Å². The fourth-order valence-corrected chi connectivity index (χ4v) is 8.28. The second kappa shape index (κ2) is 11.3. The second-order valence-electron chi connectivity index (χ2n) is 13.1. The van der Waals surface area contributed by atoms with Gasteiger partial charge in [-0.05, 0) is 73.8 Å². The highest BCUT2D eigenvalue weighted by Gasteiger charge is 2.52. The Bertz CT molecular complexity index is 2680. The van der Waals surface area contributed by atoms with Gasteiger partial charge in [-0.15, -0.1) is 0 Å². The van der Waals surface area contributed by atoms with Gasteiger partial charge in [0.1, 0.15) is 0 Å². The van der Waals surface area contributed by atoms with Crippen molar-refractivity contribution in [3.8, 4) is 73.6 Å². The average Bonchev–Trinajstić information content (AvgIpc) is 3.69. The van der Waals surface area contributed by atoms with Crippen LogP contribution < -0.4 is 0 Å². The van der Waals surface area contributed by atoms with Crippen LogP contribution in [0.4, 0.5) is 0 Å². The van der Waals surface area contributed by atoms with Gasteiger partial charge in [0.05, 0.1) is 17.0 Å². The van der Waals surface area contributed by atoms with Crippen molar-refractivity contribution in [1.29, 1.82) is 5.26 Å². The first-order valence-electron chi connectivity index (χ1n) is 17.1. The molecule has 0 radical (unpaired) electrons. The van der Waals surface area contributed by atoms with E-state index in [1.54, 1.807) is 0 Å². The van der Waals surface area contributed by atoms with E-state index in [2.05, 4.69) is 109 Å². The van der Waals surface area contributed by atoms with Crippen LogP contribution in [0.1, 0.15) is 27.8 Å². The van der Waals surface area contributed by atoms with Crippen molar-refractivity contribution < 1.29 is 0 Å². The summed E-state index contributed by atoms with van der Waals surface area (Å²) in [6.07, 6.45) is 0. The third kappa shape index (κ3) is 4.29. The Labute approximate surface area is 296 Å². The maximum Gasteiger partial charge on any atom is 0.164 e. The number of rotatable bonds is 4. The quantitative estimate of drug-likeness (QED) is 0.191. The van der Waals surface area contributed by atoms with Crippen LogP contribution in [-0.2, 0) is 5.41 Å². The van der Waals surface area contributed by atoms with Crippen LogP contribution in [0.2, 0.25) is 0 Å². The summed E-state index contributed by atoms with van der Waals surface area (Å²) in [5.41, 5.74) is 14.9. The standard InChI is InChI=1S/C47H28N4/c48-29-30-13-10-16-32(27-30)33-17-11-18-34(28-33)45-49-44(31-14-2-1-3-15-31)50-46(51-45)38-22-12-26-42-43(38)37-21-6-9-25-41(37)47(42)39-23-7-4-19-35(39)36-20-5-8-24-40(36)47/h1-28H. The molecule has 2 aliphatic carbocycles. The smallest absolute Gasteiger partial charge is 0.164 e. The molecule has 1 heterocycles. The lowest BCUT2D eigenvalue weighted by Gasteiger charge is -2.30. The first-order valence-corrected chi connectivity index (χ1v) is 17.1. The highest BCUT2D eigenvalue weighted by molar-refractivity contribution is 5.99. The molecule has 236 valence electrons. The van der Waals surface area contributed by atoms with Gasteiger partial charge in [0.25, 0.3) is 0 Å². The third-order valence-corrected chi connectivity index (χ3v) is 10.4. The van der Waals surface area contributed by atoms with Gasteiger partial charge in [-0.2, -0.15) is 5.26 Å². The number of hydrogen-bond donors (Lipinski definition) is 0. The van der Waals surface area contributed by atoms with E-state index in [-0.39, 0.29) is 0 Å². The van der Waals surface area contributed by atoms with Crippen LogP contribution in [-0.4, -0.2) is 15.0 Å². The van der Waals surface area contributed by atoms with Crippen molar-refractivity contribution in [2.45, 2.75) is 5.41 Å². The van der Waals surface area contributed by atoms with Gasteiger partial charge >= 0.3 is 0 Å². The third-order valence-electron chi connectivity index (χ3n) is 10.4. The van der Waals surface area contributed by atoms with Crippen LogP contribution in [0.15, 0.2) is 170 Å². The van der Waals surface area contributed by atoms with E-state index in [4.69, 9.17) is 15.0 Å². The summed E-state index contributed by atoms with van der Waals surface area (Å²) in [6, 6.07) is 61.3. The Kier molecular flexibility index (Phi) is 6.43. The first-order chi connectivity index (χ1) is 25.2. The molecular formula is C47H28N4. The Hall–Kier alpha value is -6.96. The molecule has 0 unspecified atom stereocenters. The summed E-state index contributed by atoms with van der Waals surface area (Å²) >= 11 is 0. The molecule has 0 N–H and O–H groups in total. The van der Waals surface area contributed by atoms with Crippen molar-refractivity contribution in [3.05, 3.63) is 198 Å². The van der Waals surface area contributed by atoms with E-state index < -0.39 is 5.41 Å². The summed E-state index contributed by atoms with van der Waals surface area (Å²) in [6.45, 7) is 0. The Morgan fingerprint density at radius 2 is 0.843 bits per heavy atom. The summed E-state index contributed by atoms with van der Waals surface area (Å²) in [5, 5.41) is 9.53. The molecule has 4 heteroatoms. The zero-order chi connectivity index (χ0) is 33.9. The fraction of sp³-hybridized carbons (Fsp3) is 0.0213. The van der Waals surface area contributed by atoms with E-state index in [0.717, 1.165) is 33.4 Å². The molecule has 1 spiro atoms. The number of fused-ring (bicyclic) bond motifs is 10. The normalized spacial score (nSPS) is 12.8. The van der Waals surface area contributed by atoms with Crippen LogP contribution in [0, 0.1) is 11.3 Å². The molecule has 0 saturated heterocycles. The zero-order valence-electron chi connectivity index (χ0n) is 27.5. The maximum absolute atomic E-state index is 9.53. The van der Waals surface area contributed by atoms with Gasteiger partial charge in [0, 0.05) is 16.7 Å². The number of aromatic nitrogens is 3. The van der Waals surface area contributed by atoms with Crippen LogP contribution in [0.25, 0.3) is 67.5 Å². The lowest BCUT2D eigenvalue weighted by atomic mass is 9.70. The van der Waals surface area contributed by atoms with Gasteiger partial charge in [-0.25, -0.2) is 15.0 Å². The zero-order valence-corrected chi connectivity index (χ0v) is 27.5. The van der Waals surface area contributed by atoms with E-state index in [1.807, 2.05) is 66.7 Å². The van der Waals surface area contributed by atoms with Crippen LogP contribution >= 0.6 is 0 Å². The molecule has 1 aromatic heterocycles. The molecule has 7 aromatic carbocycles. The van der Waals surface area contributed by atoms with E-state index in [1.165, 1.54) is 38.9 Å². The molecule has 0 aliphatic heterocycles. The molecule has 51 heavy (non-hydrogen) atoms. The fourth-order valence-electron chi connectivity index (χ4n) is 8.28. The van der Waals surface area contributed by atoms with Crippen LogP contribution in [0.3, 0.4) is 0 Å². The molecule has 0 bridgehead atoms. The SMILES string of the molecule is N#Cc1cccc(-c2cccc(-c3nc(-c4ccccc4)nc(-c4cccc5c4-c4ccccc4C54c5ccccc5-c5ccccc54)n3)c2)c1. The topological polar surface area (TPSA) is 62.5 Å². The van der Waals surface area contributed by atoms with E-state index in [0.29, 0.717) is 23.0 Å². The maximum atomic E-state index is 9.53. The Morgan fingerprint density at radius 3 is 1.55 bits per heavy atom. The Balaban J connectivity index is 1.23. The summed E-state index contributed by atoms with van der Waals surface area (Å²) in [4.78, 5) is 15.5. The molecular weight excluding hydrogens is 621 g/mol. The highest BCUT2D eigenvalue weighted by Crippen LogP contribution is 2.63. The molecule has 10 rings (SSSR count). The first kappa shape index (κ1) is 29.0. The van der Waals surface area contributed by atoms with Gasteiger partial charge in [-0.3, -0.25) is 0 Å². The number of benzene rings is 7. The molecule has 0 amide bonds. The second-order valence-corrected chi connectivity index (χ2v) is 13.1. The monoisotopic (exact) mass is 648 g/mol. The minimum absolute atomic E-state index is 0.459. The predicted octanol–water partition coefficient (Wildman–Crippen LogP) is 10.8. The molecule has 8 aromatic rings. The summed E-state index contributed by atoms with van der Waals surface area (Å²) < 4.78 is 0.